The highest BCUT2D eigenvalue weighted by Crippen LogP contribution is 2.19. The molecule has 0 aliphatic heterocycles. The molecule has 0 bridgehead atoms. The lowest BCUT2D eigenvalue weighted by atomic mass is 10.1. The number of carbonyl (C=O) groups is 1. The second kappa shape index (κ2) is 5.27. The summed E-state index contributed by atoms with van der Waals surface area (Å²) < 4.78 is 13.7. The van der Waals surface area contributed by atoms with Gasteiger partial charge in [0, 0.05) is 12.1 Å². The van der Waals surface area contributed by atoms with Crippen LogP contribution in [-0.2, 0) is 6.42 Å². The van der Waals surface area contributed by atoms with E-state index in [1.807, 2.05) is 0 Å². The fourth-order valence-corrected chi connectivity index (χ4v) is 1.84. The number of benzene rings is 1. The molecule has 0 aliphatic carbocycles. The molecule has 0 fully saturated rings. The van der Waals surface area contributed by atoms with Gasteiger partial charge in [-0.15, -0.1) is 0 Å². The summed E-state index contributed by atoms with van der Waals surface area (Å²) in [4.78, 5) is 16.1. The van der Waals surface area contributed by atoms with E-state index in [1.54, 1.807) is 37.3 Å². The molecule has 4 heteroatoms. The average Bonchev–Trinajstić information content (AvgIpc) is 2.35. The highest BCUT2D eigenvalue weighted by Gasteiger charge is 2.13. The van der Waals surface area contributed by atoms with E-state index in [0.717, 1.165) is 5.69 Å². The molecule has 0 unspecified atom stereocenters. The SMILES string of the molecule is Cc1cccc(C(=O)Cc2cccc(Cl)c2F)n1. The Morgan fingerprint density at radius 1 is 1.28 bits per heavy atom. The molecule has 0 N–H and O–H groups in total. The summed E-state index contributed by atoms with van der Waals surface area (Å²) in [5.74, 6) is -0.764. The normalized spacial score (nSPS) is 10.4. The van der Waals surface area contributed by atoms with Gasteiger partial charge in [0.05, 0.1) is 5.02 Å². The highest BCUT2D eigenvalue weighted by atomic mass is 35.5. The van der Waals surface area contributed by atoms with Crippen molar-refractivity contribution in [1.29, 1.82) is 0 Å². The molecule has 2 aromatic rings. The van der Waals surface area contributed by atoms with Crippen molar-refractivity contribution in [2.24, 2.45) is 0 Å². The number of pyridine rings is 1. The lowest BCUT2D eigenvalue weighted by Crippen LogP contribution is -2.08. The third-order valence-corrected chi connectivity index (χ3v) is 2.85. The largest absolute Gasteiger partial charge is 0.292 e. The molecule has 0 amide bonds. The number of hydrogen-bond donors (Lipinski definition) is 0. The van der Waals surface area contributed by atoms with Gasteiger partial charge in [0.2, 0.25) is 0 Å². The molecule has 2 rings (SSSR count). The second-order valence-corrected chi connectivity index (χ2v) is 4.38. The summed E-state index contributed by atoms with van der Waals surface area (Å²) in [5.41, 5.74) is 1.39. The third kappa shape index (κ3) is 2.74. The van der Waals surface area contributed by atoms with E-state index < -0.39 is 5.82 Å². The zero-order valence-corrected chi connectivity index (χ0v) is 10.5. The van der Waals surface area contributed by atoms with E-state index in [0.29, 0.717) is 5.69 Å². The van der Waals surface area contributed by atoms with E-state index in [1.165, 1.54) is 6.07 Å². The summed E-state index contributed by atoms with van der Waals surface area (Å²) in [6.07, 6.45) is -0.0388. The van der Waals surface area contributed by atoms with Gasteiger partial charge in [-0.25, -0.2) is 4.39 Å². The summed E-state index contributed by atoms with van der Waals surface area (Å²) in [6.45, 7) is 1.80. The lowest BCUT2D eigenvalue weighted by Gasteiger charge is -2.04. The standard InChI is InChI=1S/C14H11ClFNO/c1-9-4-2-7-12(17-9)13(18)8-10-5-3-6-11(15)14(10)16/h2-7H,8H2,1H3. The summed E-state index contributed by atoms with van der Waals surface area (Å²) in [5, 5.41) is 0.0255. The molecule has 18 heavy (non-hydrogen) atoms. The Labute approximate surface area is 109 Å². The minimum atomic E-state index is -0.542. The number of rotatable bonds is 3. The number of Topliss-reactive ketones (excluding diaryl/α,β-unsaturated/α-hetero) is 1. The predicted octanol–water partition coefficient (Wildman–Crippen LogP) is 3.61. The molecule has 2 nitrogen and oxygen atoms in total. The minimum Gasteiger partial charge on any atom is -0.292 e. The fourth-order valence-electron chi connectivity index (χ4n) is 1.65. The minimum absolute atomic E-state index is 0.0255. The van der Waals surface area contributed by atoms with Crippen molar-refractivity contribution in [3.05, 3.63) is 64.2 Å². The van der Waals surface area contributed by atoms with Crippen molar-refractivity contribution in [3.8, 4) is 0 Å². The molecule has 0 spiro atoms. The van der Waals surface area contributed by atoms with Crippen molar-refractivity contribution in [3.63, 3.8) is 0 Å². The first-order chi connectivity index (χ1) is 8.58. The van der Waals surface area contributed by atoms with Gasteiger partial charge in [0.1, 0.15) is 11.5 Å². The van der Waals surface area contributed by atoms with Crippen molar-refractivity contribution in [2.45, 2.75) is 13.3 Å². The fraction of sp³-hybridized carbons (Fsp3) is 0.143. The van der Waals surface area contributed by atoms with Gasteiger partial charge in [-0.3, -0.25) is 9.78 Å². The number of nitrogens with zero attached hydrogens (tertiary/aromatic N) is 1. The Bertz CT molecular complexity index is 598. The van der Waals surface area contributed by atoms with Crippen LogP contribution in [0.1, 0.15) is 21.7 Å². The monoisotopic (exact) mass is 263 g/mol. The van der Waals surface area contributed by atoms with Gasteiger partial charge in [-0.1, -0.05) is 29.8 Å². The van der Waals surface area contributed by atoms with Crippen LogP contribution >= 0.6 is 11.6 Å². The number of aromatic nitrogens is 1. The molecule has 1 heterocycles. The number of aryl methyl sites for hydroxylation is 1. The molecular formula is C14H11ClFNO. The van der Waals surface area contributed by atoms with Crippen molar-refractivity contribution in [1.82, 2.24) is 4.98 Å². The first kappa shape index (κ1) is 12.7. The average molecular weight is 264 g/mol. The van der Waals surface area contributed by atoms with Gasteiger partial charge < -0.3 is 0 Å². The molecule has 1 aromatic carbocycles. The molecule has 92 valence electrons. The van der Waals surface area contributed by atoms with Crippen LogP contribution < -0.4 is 0 Å². The van der Waals surface area contributed by atoms with Crippen molar-refractivity contribution < 1.29 is 9.18 Å². The van der Waals surface area contributed by atoms with Crippen LogP contribution in [0.15, 0.2) is 36.4 Å². The number of carbonyl (C=O) groups excluding carboxylic acids is 1. The van der Waals surface area contributed by atoms with Gasteiger partial charge in [0.25, 0.3) is 0 Å². The van der Waals surface area contributed by atoms with Crippen LogP contribution in [-0.4, -0.2) is 10.8 Å². The van der Waals surface area contributed by atoms with Crippen LogP contribution in [0.5, 0.6) is 0 Å². The maximum absolute atomic E-state index is 13.7. The van der Waals surface area contributed by atoms with Crippen molar-refractivity contribution >= 4 is 17.4 Å². The van der Waals surface area contributed by atoms with Crippen LogP contribution in [0.25, 0.3) is 0 Å². The quantitative estimate of drug-likeness (QED) is 0.792. The molecular weight excluding hydrogens is 253 g/mol. The Kier molecular flexibility index (Phi) is 3.72. The molecule has 0 atom stereocenters. The molecule has 0 aliphatic rings. The summed E-state index contributed by atoms with van der Waals surface area (Å²) in [6, 6.07) is 9.81. The van der Waals surface area contributed by atoms with Gasteiger partial charge in [-0.2, -0.15) is 0 Å². The van der Waals surface area contributed by atoms with Gasteiger partial charge in [0.15, 0.2) is 5.78 Å². The molecule has 0 radical (unpaired) electrons. The molecule has 0 saturated heterocycles. The summed E-state index contributed by atoms with van der Waals surface area (Å²) in [7, 11) is 0. The smallest absolute Gasteiger partial charge is 0.185 e. The number of halogens is 2. The topological polar surface area (TPSA) is 30.0 Å². The summed E-state index contributed by atoms with van der Waals surface area (Å²) >= 11 is 5.67. The molecule has 1 aromatic heterocycles. The van der Waals surface area contributed by atoms with Crippen LogP contribution in [0.2, 0.25) is 5.02 Å². The van der Waals surface area contributed by atoms with E-state index >= 15 is 0 Å². The van der Waals surface area contributed by atoms with E-state index in [-0.39, 0.29) is 22.8 Å². The Hall–Kier alpha value is -1.74. The first-order valence-corrected chi connectivity index (χ1v) is 5.85. The second-order valence-electron chi connectivity index (χ2n) is 3.98. The lowest BCUT2D eigenvalue weighted by molar-refractivity contribution is 0.0987. The van der Waals surface area contributed by atoms with Crippen LogP contribution in [0.3, 0.4) is 0 Å². The zero-order valence-electron chi connectivity index (χ0n) is 9.78. The third-order valence-electron chi connectivity index (χ3n) is 2.56. The Morgan fingerprint density at radius 3 is 2.72 bits per heavy atom. The van der Waals surface area contributed by atoms with Gasteiger partial charge in [-0.05, 0) is 30.7 Å². The highest BCUT2D eigenvalue weighted by molar-refractivity contribution is 6.30. The predicted molar refractivity (Wildman–Crippen MR) is 68.4 cm³/mol. The Balaban J connectivity index is 2.24. The van der Waals surface area contributed by atoms with Crippen LogP contribution in [0, 0.1) is 12.7 Å². The van der Waals surface area contributed by atoms with Gasteiger partial charge >= 0.3 is 0 Å². The van der Waals surface area contributed by atoms with Crippen molar-refractivity contribution in [2.75, 3.05) is 0 Å². The van der Waals surface area contributed by atoms with E-state index in [4.69, 9.17) is 11.6 Å². The maximum atomic E-state index is 13.7. The van der Waals surface area contributed by atoms with E-state index in [2.05, 4.69) is 4.98 Å². The number of ketones is 1. The Morgan fingerprint density at radius 2 is 2.00 bits per heavy atom. The maximum Gasteiger partial charge on any atom is 0.185 e. The molecule has 0 saturated carbocycles. The van der Waals surface area contributed by atoms with E-state index in [9.17, 15) is 9.18 Å². The number of hydrogen-bond acceptors (Lipinski definition) is 2. The van der Waals surface area contributed by atoms with Crippen LogP contribution in [0.4, 0.5) is 4.39 Å². The zero-order chi connectivity index (χ0) is 13.1. The first-order valence-electron chi connectivity index (χ1n) is 5.47.